The number of carbonyl (C=O) groups is 1. The van der Waals surface area contributed by atoms with E-state index in [1.165, 1.54) is 41.2 Å². The number of hydrogen-bond donors (Lipinski definition) is 1. The van der Waals surface area contributed by atoms with Crippen LogP contribution in [0.15, 0.2) is 23.6 Å². The van der Waals surface area contributed by atoms with Crippen LogP contribution < -0.4 is 9.62 Å². The topological polar surface area (TPSA) is 82.6 Å². The minimum absolute atomic E-state index is 0.223. The largest absolute Gasteiger partial charge is 0.298 e. The van der Waals surface area contributed by atoms with Crippen molar-refractivity contribution in [2.24, 2.45) is 0 Å². The molecule has 0 unspecified atom stereocenters. The fourth-order valence-corrected chi connectivity index (χ4v) is 5.46. The summed E-state index contributed by atoms with van der Waals surface area (Å²) in [6.07, 6.45) is 5.59. The molecule has 7 nitrogen and oxygen atoms in total. The molecule has 2 aliphatic heterocycles. The smallest absolute Gasteiger partial charge is 0.257 e. The molecular formula is C19H24N4O3S2. The quantitative estimate of drug-likeness (QED) is 0.804. The molecule has 1 fully saturated rings. The summed E-state index contributed by atoms with van der Waals surface area (Å²) < 4.78 is 25.1. The van der Waals surface area contributed by atoms with Crippen molar-refractivity contribution in [3.8, 4) is 0 Å². The second-order valence-electron chi connectivity index (χ2n) is 7.36. The number of hydrogen-bond acceptors (Lipinski definition) is 6. The van der Waals surface area contributed by atoms with E-state index < -0.39 is 10.0 Å². The zero-order valence-corrected chi connectivity index (χ0v) is 17.5. The molecule has 0 spiro atoms. The van der Waals surface area contributed by atoms with Crippen molar-refractivity contribution in [3.05, 3.63) is 40.4 Å². The van der Waals surface area contributed by atoms with Gasteiger partial charge in [0.15, 0.2) is 5.13 Å². The fourth-order valence-electron chi connectivity index (χ4n) is 3.81. The van der Waals surface area contributed by atoms with Gasteiger partial charge in [-0.05, 0) is 56.1 Å². The molecule has 1 aromatic heterocycles. The van der Waals surface area contributed by atoms with Gasteiger partial charge in [0, 0.05) is 24.0 Å². The lowest BCUT2D eigenvalue weighted by Crippen LogP contribution is -2.29. The summed E-state index contributed by atoms with van der Waals surface area (Å²) in [6.45, 7) is 3.47. The number of amides is 1. The van der Waals surface area contributed by atoms with Gasteiger partial charge in [-0.2, -0.15) is 0 Å². The van der Waals surface area contributed by atoms with Crippen LogP contribution in [0.1, 0.15) is 40.9 Å². The molecule has 0 bridgehead atoms. The molecule has 4 rings (SSSR count). The van der Waals surface area contributed by atoms with E-state index >= 15 is 0 Å². The van der Waals surface area contributed by atoms with Crippen LogP contribution in [0, 0.1) is 0 Å². The summed E-state index contributed by atoms with van der Waals surface area (Å²) in [7, 11) is -3.29. The second kappa shape index (κ2) is 7.81. The Balaban J connectivity index is 1.42. The number of likely N-dealkylation sites (tertiary alicyclic amines) is 1. The molecule has 28 heavy (non-hydrogen) atoms. The van der Waals surface area contributed by atoms with Crippen LogP contribution in [0.2, 0.25) is 0 Å². The molecular weight excluding hydrogens is 396 g/mol. The third kappa shape index (κ3) is 4.21. The Kier molecular flexibility index (Phi) is 5.39. The predicted octanol–water partition coefficient (Wildman–Crippen LogP) is 2.70. The van der Waals surface area contributed by atoms with E-state index in [1.807, 2.05) is 5.38 Å². The molecule has 0 radical (unpaired) electrons. The number of carbonyl (C=O) groups excluding carboxylic acids is 1. The first-order chi connectivity index (χ1) is 13.4. The molecule has 0 saturated carbocycles. The number of anilines is 2. The van der Waals surface area contributed by atoms with Crippen LogP contribution in [-0.4, -0.2) is 50.1 Å². The highest BCUT2D eigenvalue weighted by atomic mass is 32.2. The minimum atomic E-state index is -3.29. The lowest BCUT2D eigenvalue weighted by molar-refractivity contribution is 0.102. The van der Waals surface area contributed by atoms with Gasteiger partial charge in [0.1, 0.15) is 0 Å². The van der Waals surface area contributed by atoms with Gasteiger partial charge in [-0.25, -0.2) is 13.4 Å². The van der Waals surface area contributed by atoms with Crippen molar-refractivity contribution in [1.82, 2.24) is 9.88 Å². The Morgan fingerprint density at radius 3 is 2.75 bits per heavy atom. The Morgan fingerprint density at radius 1 is 1.21 bits per heavy atom. The first-order valence-corrected chi connectivity index (χ1v) is 12.2. The SMILES string of the molecule is CS(=O)(=O)N1CCc2cc(C(=O)Nc3nc(CN4CCCCC4)cs3)ccc21. The van der Waals surface area contributed by atoms with Gasteiger partial charge in [0.25, 0.3) is 5.91 Å². The second-order valence-corrected chi connectivity index (χ2v) is 10.1. The van der Waals surface area contributed by atoms with Crippen LogP contribution in [0.3, 0.4) is 0 Å². The zero-order valence-electron chi connectivity index (χ0n) is 15.8. The Labute approximate surface area is 169 Å². The number of sulfonamides is 1. The summed E-state index contributed by atoms with van der Waals surface area (Å²) >= 11 is 1.43. The van der Waals surface area contributed by atoms with E-state index in [0.29, 0.717) is 29.3 Å². The standard InChI is InChI=1S/C19H24N4O3S2/c1-28(25,26)23-10-7-14-11-15(5-6-17(14)23)18(24)21-19-20-16(13-27-19)12-22-8-3-2-4-9-22/h5-6,11,13H,2-4,7-10,12H2,1H3,(H,20,21,24). The number of fused-ring (bicyclic) bond motifs is 1. The Hall–Kier alpha value is -1.97. The molecule has 1 N–H and O–H groups in total. The molecule has 0 aliphatic carbocycles. The Bertz CT molecular complexity index is 981. The van der Waals surface area contributed by atoms with Gasteiger partial charge < -0.3 is 0 Å². The number of thiazole rings is 1. The maximum atomic E-state index is 12.6. The maximum absolute atomic E-state index is 12.6. The van der Waals surface area contributed by atoms with Crippen LogP contribution in [-0.2, 0) is 23.0 Å². The van der Waals surface area contributed by atoms with E-state index in [-0.39, 0.29) is 5.91 Å². The van der Waals surface area contributed by atoms with Gasteiger partial charge in [-0.3, -0.25) is 19.3 Å². The number of piperidine rings is 1. The van der Waals surface area contributed by atoms with E-state index in [2.05, 4.69) is 15.2 Å². The third-order valence-electron chi connectivity index (χ3n) is 5.20. The van der Waals surface area contributed by atoms with Gasteiger partial charge in [0.2, 0.25) is 10.0 Å². The summed E-state index contributed by atoms with van der Waals surface area (Å²) in [4.78, 5) is 19.5. The normalized spacial score (nSPS) is 17.5. The monoisotopic (exact) mass is 420 g/mol. The average molecular weight is 421 g/mol. The highest BCUT2D eigenvalue weighted by molar-refractivity contribution is 7.92. The van der Waals surface area contributed by atoms with Crippen molar-refractivity contribution in [3.63, 3.8) is 0 Å². The highest BCUT2D eigenvalue weighted by Gasteiger charge is 2.26. The fraction of sp³-hybridized carbons (Fsp3) is 0.474. The minimum Gasteiger partial charge on any atom is -0.298 e. The van der Waals surface area contributed by atoms with Crippen LogP contribution in [0.25, 0.3) is 0 Å². The number of nitrogens with one attached hydrogen (secondary N) is 1. The lowest BCUT2D eigenvalue weighted by atomic mass is 10.1. The van der Waals surface area contributed by atoms with Gasteiger partial charge in [-0.1, -0.05) is 6.42 Å². The van der Waals surface area contributed by atoms with E-state index in [4.69, 9.17) is 0 Å². The van der Waals surface area contributed by atoms with Gasteiger partial charge in [-0.15, -0.1) is 11.3 Å². The lowest BCUT2D eigenvalue weighted by Gasteiger charge is -2.25. The van der Waals surface area contributed by atoms with Crippen LogP contribution in [0.4, 0.5) is 10.8 Å². The van der Waals surface area contributed by atoms with Crippen molar-refractivity contribution in [2.45, 2.75) is 32.2 Å². The molecule has 9 heteroatoms. The third-order valence-corrected chi connectivity index (χ3v) is 7.19. The van der Waals surface area contributed by atoms with Crippen molar-refractivity contribution < 1.29 is 13.2 Å². The Morgan fingerprint density at radius 2 is 2.00 bits per heavy atom. The number of benzene rings is 1. The summed E-state index contributed by atoms with van der Waals surface area (Å²) in [5.41, 5.74) is 3.04. The van der Waals surface area contributed by atoms with Gasteiger partial charge in [0.05, 0.1) is 17.6 Å². The van der Waals surface area contributed by atoms with Crippen LogP contribution in [0.5, 0.6) is 0 Å². The molecule has 3 heterocycles. The molecule has 150 valence electrons. The molecule has 0 atom stereocenters. The van der Waals surface area contributed by atoms with Crippen molar-refractivity contribution in [1.29, 1.82) is 0 Å². The number of aromatic nitrogens is 1. The first kappa shape index (κ1) is 19.4. The molecule has 2 aromatic rings. The number of nitrogens with zero attached hydrogens (tertiary/aromatic N) is 3. The van der Waals surface area contributed by atoms with E-state index in [1.54, 1.807) is 18.2 Å². The van der Waals surface area contributed by atoms with Crippen LogP contribution >= 0.6 is 11.3 Å². The first-order valence-electron chi connectivity index (χ1n) is 9.49. The summed E-state index contributed by atoms with van der Waals surface area (Å²) in [6, 6.07) is 5.15. The van der Waals surface area contributed by atoms with E-state index in [9.17, 15) is 13.2 Å². The maximum Gasteiger partial charge on any atom is 0.257 e. The predicted molar refractivity (Wildman–Crippen MR) is 112 cm³/mol. The number of rotatable bonds is 5. The average Bonchev–Trinajstić information content (AvgIpc) is 3.28. The molecule has 2 aliphatic rings. The summed E-state index contributed by atoms with van der Waals surface area (Å²) in [5, 5.41) is 5.46. The van der Waals surface area contributed by atoms with E-state index in [0.717, 1.165) is 30.9 Å². The summed E-state index contributed by atoms with van der Waals surface area (Å²) in [5.74, 6) is -0.223. The molecule has 1 aromatic carbocycles. The highest BCUT2D eigenvalue weighted by Crippen LogP contribution is 2.31. The zero-order chi connectivity index (χ0) is 19.7. The van der Waals surface area contributed by atoms with Gasteiger partial charge >= 0.3 is 0 Å². The molecule has 1 saturated heterocycles. The molecule has 1 amide bonds. The van der Waals surface area contributed by atoms with Crippen molar-refractivity contribution in [2.75, 3.05) is 35.5 Å². The van der Waals surface area contributed by atoms with Crippen molar-refractivity contribution >= 4 is 38.1 Å².